The zero-order chi connectivity index (χ0) is 9.68. The van der Waals surface area contributed by atoms with E-state index >= 15 is 0 Å². The Kier molecular flexibility index (Phi) is 4.66. The molecule has 1 saturated heterocycles. The van der Waals surface area contributed by atoms with Crippen LogP contribution in [0.1, 0.15) is 6.92 Å². The van der Waals surface area contributed by atoms with E-state index < -0.39 is 21.6 Å². The SMILES string of the molecule is C/C=C/OCC1CS(=O)CCS1=O. The number of allylic oxidation sites excluding steroid dienone is 1. The fourth-order valence-electron chi connectivity index (χ4n) is 1.09. The van der Waals surface area contributed by atoms with E-state index in [4.69, 9.17) is 4.74 Å². The monoisotopic (exact) mass is 222 g/mol. The van der Waals surface area contributed by atoms with Crippen LogP contribution < -0.4 is 0 Å². The van der Waals surface area contributed by atoms with Crippen molar-refractivity contribution in [3.8, 4) is 0 Å². The van der Waals surface area contributed by atoms with Gasteiger partial charge in [0.25, 0.3) is 0 Å². The quantitative estimate of drug-likeness (QED) is 0.650. The summed E-state index contributed by atoms with van der Waals surface area (Å²) < 4.78 is 27.7. The number of ether oxygens (including phenoxy) is 1. The second kappa shape index (κ2) is 5.54. The molecule has 0 aromatic carbocycles. The predicted molar refractivity (Wildman–Crippen MR) is 55.4 cm³/mol. The fraction of sp³-hybridized carbons (Fsp3) is 0.750. The summed E-state index contributed by atoms with van der Waals surface area (Å²) >= 11 is 0. The summed E-state index contributed by atoms with van der Waals surface area (Å²) in [5.41, 5.74) is 0. The number of hydrogen-bond donors (Lipinski definition) is 0. The third-order valence-corrected chi connectivity index (χ3v) is 5.33. The lowest BCUT2D eigenvalue weighted by Gasteiger charge is -2.19. The minimum absolute atomic E-state index is 0.0502. The second-order valence-corrected chi connectivity index (χ2v) is 6.28. The van der Waals surface area contributed by atoms with Gasteiger partial charge in [-0.3, -0.25) is 8.42 Å². The van der Waals surface area contributed by atoms with Crippen LogP contribution in [-0.2, 0) is 26.3 Å². The second-order valence-electron chi connectivity index (χ2n) is 2.82. The molecule has 3 atom stereocenters. The Bertz CT molecular complexity index is 238. The molecule has 0 radical (unpaired) electrons. The van der Waals surface area contributed by atoms with E-state index in [-0.39, 0.29) is 5.25 Å². The van der Waals surface area contributed by atoms with Crippen molar-refractivity contribution in [2.45, 2.75) is 12.2 Å². The summed E-state index contributed by atoms with van der Waals surface area (Å²) in [5, 5.41) is -0.0502. The lowest BCUT2D eigenvalue weighted by atomic mass is 10.5. The van der Waals surface area contributed by atoms with Gasteiger partial charge in [-0.25, -0.2) is 0 Å². The predicted octanol–water partition coefficient (Wildman–Crippen LogP) is 0.416. The molecule has 76 valence electrons. The van der Waals surface area contributed by atoms with Crippen LogP contribution >= 0.6 is 0 Å². The Morgan fingerprint density at radius 1 is 1.46 bits per heavy atom. The maximum Gasteiger partial charge on any atom is 0.103 e. The van der Waals surface area contributed by atoms with Gasteiger partial charge in [-0.2, -0.15) is 0 Å². The van der Waals surface area contributed by atoms with Crippen LogP contribution in [0.3, 0.4) is 0 Å². The average molecular weight is 222 g/mol. The Balaban J connectivity index is 2.37. The minimum atomic E-state index is -0.854. The van der Waals surface area contributed by atoms with Crippen LogP contribution in [-0.4, -0.2) is 37.5 Å². The van der Waals surface area contributed by atoms with Gasteiger partial charge in [0.2, 0.25) is 0 Å². The van der Waals surface area contributed by atoms with Crippen molar-refractivity contribution in [2.24, 2.45) is 0 Å². The zero-order valence-electron chi connectivity index (χ0n) is 7.60. The first kappa shape index (κ1) is 10.9. The van der Waals surface area contributed by atoms with Crippen molar-refractivity contribution in [3.05, 3.63) is 12.3 Å². The highest BCUT2D eigenvalue weighted by molar-refractivity contribution is 7.92. The topological polar surface area (TPSA) is 43.4 Å². The first-order valence-electron chi connectivity index (χ1n) is 4.19. The smallest absolute Gasteiger partial charge is 0.103 e. The number of hydrogen-bond acceptors (Lipinski definition) is 3. The molecule has 0 N–H and O–H groups in total. The summed E-state index contributed by atoms with van der Waals surface area (Å²) in [6.45, 7) is 2.28. The van der Waals surface area contributed by atoms with Crippen molar-refractivity contribution in [1.82, 2.24) is 0 Å². The van der Waals surface area contributed by atoms with E-state index in [0.29, 0.717) is 23.9 Å². The minimum Gasteiger partial charge on any atom is -0.500 e. The molecule has 0 bridgehead atoms. The standard InChI is InChI=1S/C8H14O3S2/c1-2-3-11-6-8-7-12(9)4-5-13(8)10/h2-3,8H,4-7H2,1H3/b3-2+. The average Bonchev–Trinajstić information content (AvgIpc) is 2.11. The fourth-order valence-corrected chi connectivity index (χ4v) is 4.80. The first-order valence-corrected chi connectivity index (χ1v) is 7.06. The normalized spacial score (nSPS) is 35.0. The van der Waals surface area contributed by atoms with Gasteiger partial charge in [0.15, 0.2) is 0 Å². The summed E-state index contributed by atoms with van der Waals surface area (Å²) in [6, 6.07) is 0. The van der Waals surface area contributed by atoms with Gasteiger partial charge >= 0.3 is 0 Å². The molecule has 0 aromatic rings. The molecule has 1 rings (SSSR count). The van der Waals surface area contributed by atoms with E-state index in [0.717, 1.165) is 0 Å². The Labute approximate surface area is 83.5 Å². The van der Waals surface area contributed by atoms with Crippen molar-refractivity contribution >= 4 is 21.6 Å². The Morgan fingerprint density at radius 3 is 2.92 bits per heavy atom. The van der Waals surface area contributed by atoms with Gasteiger partial charge in [-0.1, -0.05) is 6.08 Å². The summed E-state index contributed by atoms with van der Waals surface area (Å²) in [4.78, 5) is 0. The van der Waals surface area contributed by atoms with E-state index in [1.165, 1.54) is 0 Å². The third kappa shape index (κ3) is 3.60. The molecular weight excluding hydrogens is 208 g/mol. The maximum absolute atomic E-state index is 11.4. The zero-order valence-corrected chi connectivity index (χ0v) is 9.23. The maximum atomic E-state index is 11.4. The lowest BCUT2D eigenvalue weighted by Crippen LogP contribution is -2.36. The highest BCUT2D eigenvalue weighted by atomic mass is 32.2. The van der Waals surface area contributed by atoms with Crippen molar-refractivity contribution in [1.29, 1.82) is 0 Å². The molecule has 0 spiro atoms. The molecular formula is C8H14O3S2. The van der Waals surface area contributed by atoms with Crippen LogP contribution in [0.15, 0.2) is 12.3 Å². The highest BCUT2D eigenvalue weighted by Crippen LogP contribution is 2.08. The number of rotatable bonds is 3. The van der Waals surface area contributed by atoms with E-state index in [1.54, 1.807) is 12.3 Å². The van der Waals surface area contributed by atoms with Gasteiger partial charge in [-0.15, -0.1) is 0 Å². The van der Waals surface area contributed by atoms with E-state index in [9.17, 15) is 8.42 Å². The van der Waals surface area contributed by atoms with Gasteiger partial charge in [0, 0.05) is 38.9 Å². The molecule has 3 unspecified atom stereocenters. The van der Waals surface area contributed by atoms with Crippen molar-refractivity contribution in [2.75, 3.05) is 23.9 Å². The van der Waals surface area contributed by atoms with E-state index in [1.807, 2.05) is 6.92 Å². The van der Waals surface area contributed by atoms with Crippen LogP contribution in [0.25, 0.3) is 0 Å². The molecule has 1 aliphatic heterocycles. The van der Waals surface area contributed by atoms with Crippen LogP contribution in [0.4, 0.5) is 0 Å². The van der Waals surface area contributed by atoms with Gasteiger partial charge in [0.05, 0.1) is 11.5 Å². The Morgan fingerprint density at radius 2 is 2.23 bits per heavy atom. The Hall–Kier alpha value is -0.160. The molecule has 5 heteroatoms. The molecule has 1 aliphatic rings. The highest BCUT2D eigenvalue weighted by Gasteiger charge is 2.25. The first-order chi connectivity index (χ1) is 6.24. The summed E-state index contributed by atoms with van der Waals surface area (Å²) in [6.07, 6.45) is 3.36. The van der Waals surface area contributed by atoms with Gasteiger partial charge in [-0.05, 0) is 6.92 Å². The molecule has 13 heavy (non-hydrogen) atoms. The molecule has 0 amide bonds. The largest absolute Gasteiger partial charge is 0.500 e. The van der Waals surface area contributed by atoms with Crippen LogP contribution in [0.5, 0.6) is 0 Å². The molecule has 3 nitrogen and oxygen atoms in total. The van der Waals surface area contributed by atoms with Crippen LogP contribution in [0.2, 0.25) is 0 Å². The van der Waals surface area contributed by atoms with Crippen molar-refractivity contribution < 1.29 is 13.2 Å². The molecule has 1 heterocycles. The summed E-state index contributed by atoms with van der Waals surface area (Å²) in [5.74, 6) is 1.65. The molecule has 1 fully saturated rings. The molecule has 0 saturated carbocycles. The third-order valence-electron chi connectivity index (χ3n) is 1.77. The molecule has 0 aliphatic carbocycles. The van der Waals surface area contributed by atoms with Gasteiger partial charge in [0.1, 0.15) is 6.61 Å². The van der Waals surface area contributed by atoms with Crippen LogP contribution in [0, 0.1) is 0 Å². The van der Waals surface area contributed by atoms with E-state index in [2.05, 4.69) is 0 Å². The summed E-state index contributed by atoms with van der Waals surface area (Å²) in [7, 11) is -1.65. The van der Waals surface area contributed by atoms with Gasteiger partial charge < -0.3 is 4.74 Å². The van der Waals surface area contributed by atoms with Crippen molar-refractivity contribution in [3.63, 3.8) is 0 Å². The molecule has 0 aromatic heterocycles. The lowest BCUT2D eigenvalue weighted by molar-refractivity contribution is 0.252.